The van der Waals surface area contributed by atoms with Gasteiger partial charge in [-0.05, 0) is 28.1 Å². The van der Waals surface area contributed by atoms with E-state index in [0.717, 1.165) is 6.07 Å². The van der Waals surface area contributed by atoms with E-state index in [1.165, 1.54) is 18.2 Å². The number of benzene rings is 1. The number of carbonyl (C=O) groups excluding carboxylic acids is 1. The molecule has 0 heterocycles. The van der Waals surface area contributed by atoms with Gasteiger partial charge in [0.15, 0.2) is 6.61 Å². The van der Waals surface area contributed by atoms with Gasteiger partial charge in [0.2, 0.25) is 0 Å². The van der Waals surface area contributed by atoms with Gasteiger partial charge in [-0.1, -0.05) is 12.1 Å². The molecule has 0 amide bonds. The molecule has 2 nitrogen and oxygen atoms in total. The molecule has 0 fully saturated rings. The zero-order valence-electron chi connectivity index (χ0n) is 10.8. The second-order valence-corrected chi connectivity index (χ2v) is 5.11. The number of hydrogen-bond acceptors (Lipinski definition) is 2. The summed E-state index contributed by atoms with van der Waals surface area (Å²) >= 11 is 2.85. The van der Waals surface area contributed by atoms with Crippen LogP contribution in [0, 0.1) is 0 Å². The maximum Gasteiger partial charge on any atom is 0.381 e. The number of rotatable bonds is 6. The lowest BCUT2D eigenvalue weighted by atomic mass is 10.1. The highest BCUT2D eigenvalue weighted by Crippen LogP contribution is 2.48. The minimum Gasteiger partial charge on any atom is -0.455 e. The molecule has 0 spiro atoms. The molecule has 0 atom stereocenters. The van der Waals surface area contributed by atoms with Crippen LogP contribution in [0.2, 0.25) is 0 Å². The van der Waals surface area contributed by atoms with Crippen molar-refractivity contribution < 1.29 is 44.7 Å². The Morgan fingerprint density at radius 2 is 1.61 bits per heavy atom. The van der Waals surface area contributed by atoms with Crippen LogP contribution in [-0.2, 0) is 4.74 Å². The average molecular weight is 415 g/mol. The molecular formula is C12H7BrF8O2. The minimum absolute atomic E-state index is 0.0676. The van der Waals surface area contributed by atoms with E-state index < -0.39 is 36.8 Å². The Balaban J connectivity index is 2.91. The Labute approximate surface area is 132 Å². The van der Waals surface area contributed by atoms with Gasteiger partial charge in [0.1, 0.15) is 0 Å². The third-order valence-electron chi connectivity index (χ3n) is 2.63. The van der Waals surface area contributed by atoms with Crippen molar-refractivity contribution in [1.29, 1.82) is 0 Å². The van der Waals surface area contributed by atoms with Gasteiger partial charge in [0.05, 0.1) is 5.56 Å². The summed E-state index contributed by atoms with van der Waals surface area (Å²) in [7, 11) is 0. The van der Waals surface area contributed by atoms with Crippen LogP contribution in [-0.4, -0.2) is 36.8 Å². The van der Waals surface area contributed by atoms with Crippen molar-refractivity contribution in [2.75, 3.05) is 6.61 Å². The average Bonchev–Trinajstić information content (AvgIpc) is 2.44. The summed E-state index contributed by atoms with van der Waals surface area (Å²) in [6.45, 7) is -2.50. The molecule has 0 radical (unpaired) electrons. The highest BCUT2D eigenvalue weighted by atomic mass is 79.9. The summed E-state index contributed by atoms with van der Waals surface area (Å²) < 4.78 is 105. The van der Waals surface area contributed by atoms with Crippen molar-refractivity contribution in [2.24, 2.45) is 0 Å². The third-order valence-corrected chi connectivity index (χ3v) is 3.32. The van der Waals surface area contributed by atoms with E-state index in [4.69, 9.17) is 0 Å². The predicted molar refractivity (Wildman–Crippen MR) is 65.3 cm³/mol. The lowest BCUT2D eigenvalue weighted by Crippen LogP contribution is -2.59. The van der Waals surface area contributed by atoms with Crippen LogP contribution in [0.4, 0.5) is 35.1 Å². The Hall–Kier alpha value is -1.39. The van der Waals surface area contributed by atoms with Crippen LogP contribution in [0.15, 0.2) is 28.7 Å². The van der Waals surface area contributed by atoms with Crippen molar-refractivity contribution in [3.05, 3.63) is 34.3 Å². The molecule has 1 rings (SSSR count). The summed E-state index contributed by atoms with van der Waals surface area (Å²) in [6.07, 6.45) is -5.03. The number of alkyl halides is 8. The minimum atomic E-state index is -6.41. The van der Waals surface area contributed by atoms with Crippen molar-refractivity contribution in [1.82, 2.24) is 0 Å². The molecule has 0 saturated heterocycles. The molecule has 0 aliphatic carbocycles. The molecule has 23 heavy (non-hydrogen) atoms. The SMILES string of the molecule is O=C(OCC(F)(F)C(F)(F)C(F)(F)C(F)F)c1ccccc1Br. The Bertz CT molecular complexity index is 576. The summed E-state index contributed by atoms with van der Waals surface area (Å²) in [5.74, 6) is -19.9. The zero-order valence-corrected chi connectivity index (χ0v) is 12.4. The van der Waals surface area contributed by atoms with E-state index in [0.29, 0.717) is 0 Å². The molecule has 0 aliphatic heterocycles. The first-order valence-electron chi connectivity index (χ1n) is 5.68. The second-order valence-electron chi connectivity index (χ2n) is 4.26. The van der Waals surface area contributed by atoms with Crippen molar-refractivity contribution in [3.8, 4) is 0 Å². The van der Waals surface area contributed by atoms with Gasteiger partial charge in [0, 0.05) is 4.47 Å². The zero-order chi connectivity index (χ0) is 18.1. The van der Waals surface area contributed by atoms with Crippen LogP contribution < -0.4 is 0 Å². The highest BCUT2D eigenvalue weighted by molar-refractivity contribution is 9.10. The number of halogens is 9. The summed E-state index contributed by atoms with van der Waals surface area (Å²) in [4.78, 5) is 11.5. The highest BCUT2D eigenvalue weighted by Gasteiger charge is 2.75. The fraction of sp³-hybridized carbons (Fsp3) is 0.417. The molecular weight excluding hydrogens is 408 g/mol. The second kappa shape index (κ2) is 6.62. The molecule has 1 aromatic rings. The molecule has 130 valence electrons. The van der Waals surface area contributed by atoms with Crippen LogP contribution in [0.25, 0.3) is 0 Å². The molecule has 1 aromatic carbocycles. The van der Waals surface area contributed by atoms with E-state index in [9.17, 15) is 39.9 Å². The molecule has 11 heteroatoms. The standard InChI is InChI=1S/C12H7BrF8O2/c13-7-4-2-1-3-6(7)8(22)23-5-10(16,17)12(20,21)11(18,19)9(14)15/h1-4,9H,5H2. The normalized spacial score (nSPS) is 13.3. The summed E-state index contributed by atoms with van der Waals surface area (Å²) in [5.41, 5.74) is -0.341. The van der Waals surface area contributed by atoms with E-state index in [2.05, 4.69) is 20.7 Å². The van der Waals surface area contributed by atoms with Gasteiger partial charge in [-0.3, -0.25) is 0 Å². The number of esters is 1. The third kappa shape index (κ3) is 3.75. The van der Waals surface area contributed by atoms with Crippen LogP contribution in [0.1, 0.15) is 10.4 Å². The largest absolute Gasteiger partial charge is 0.455 e. The first-order chi connectivity index (χ1) is 10.3. The maximum atomic E-state index is 13.2. The molecule has 0 aromatic heterocycles. The fourth-order valence-electron chi connectivity index (χ4n) is 1.33. The Morgan fingerprint density at radius 1 is 1.09 bits per heavy atom. The van der Waals surface area contributed by atoms with Gasteiger partial charge in [0.25, 0.3) is 0 Å². The van der Waals surface area contributed by atoms with Crippen LogP contribution in [0.5, 0.6) is 0 Å². The maximum absolute atomic E-state index is 13.2. The van der Waals surface area contributed by atoms with E-state index in [1.54, 1.807) is 0 Å². The quantitative estimate of drug-likeness (QED) is 0.494. The predicted octanol–water partition coefficient (Wildman–Crippen LogP) is 4.78. The molecule has 0 N–H and O–H groups in total. The molecule has 0 unspecified atom stereocenters. The Kier molecular flexibility index (Phi) is 5.65. The van der Waals surface area contributed by atoms with E-state index in [-0.39, 0.29) is 10.0 Å². The summed E-state index contributed by atoms with van der Waals surface area (Å²) in [5, 5.41) is 0. The molecule has 0 saturated carbocycles. The molecule has 0 aliphatic rings. The molecule has 0 bridgehead atoms. The van der Waals surface area contributed by atoms with E-state index >= 15 is 0 Å². The van der Waals surface area contributed by atoms with Gasteiger partial charge in [-0.25, -0.2) is 13.6 Å². The monoisotopic (exact) mass is 414 g/mol. The number of hydrogen-bond donors (Lipinski definition) is 0. The lowest BCUT2D eigenvalue weighted by molar-refractivity contribution is -0.343. The fourth-order valence-corrected chi connectivity index (χ4v) is 1.78. The van der Waals surface area contributed by atoms with Gasteiger partial charge in [-0.2, -0.15) is 26.3 Å². The smallest absolute Gasteiger partial charge is 0.381 e. The number of carbonyl (C=O) groups is 1. The van der Waals surface area contributed by atoms with Crippen LogP contribution >= 0.6 is 15.9 Å². The van der Waals surface area contributed by atoms with Gasteiger partial charge in [-0.15, -0.1) is 0 Å². The number of ether oxygens (including phenoxy) is 1. The Morgan fingerprint density at radius 3 is 2.09 bits per heavy atom. The van der Waals surface area contributed by atoms with Crippen molar-refractivity contribution >= 4 is 21.9 Å². The van der Waals surface area contributed by atoms with Crippen LogP contribution in [0.3, 0.4) is 0 Å². The van der Waals surface area contributed by atoms with Crippen molar-refractivity contribution in [3.63, 3.8) is 0 Å². The van der Waals surface area contributed by atoms with Gasteiger partial charge >= 0.3 is 30.2 Å². The van der Waals surface area contributed by atoms with Gasteiger partial charge < -0.3 is 4.74 Å². The van der Waals surface area contributed by atoms with E-state index in [1.807, 2.05) is 0 Å². The topological polar surface area (TPSA) is 26.3 Å². The lowest BCUT2D eigenvalue weighted by Gasteiger charge is -2.31. The van der Waals surface area contributed by atoms with Crippen molar-refractivity contribution in [2.45, 2.75) is 24.2 Å². The summed E-state index contributed by atoms with van der Waals surface area (Å²) in [6, 6.07) is 5.11. The first-order valence-corrected chi connectivity index (χ1v) is 6.47. The first kappa shape index (κ1) is 19.7.